The van der Waals surface area contributed by atoms with Crippen molar-refractivity contribution in [3.05, 3.63) is 24.3 Å². The first kappa shape index (κ1) is 13.8. The topological polar surface area (TPSA) is 61.8 Å². The van der Waals surface area contributed by atoms with Crippen molar-refractivity contribution in [2.45, 2.75) is 6.92 Å². The lowest BCUT2D eigenvalue weighted by Crippen LogP contribution is -2.31. The SMILES string of the molecule is C=C/C(=C\C)C(=O)O.CNN1CCOC1. The van der Waals surface area contributed by atoms with Crippen LogP contribution in [0.1, 0.15) is 6.92 Å². The van der Waals surface area contributed by atoms with E-state index in [2.05, 4.69) is 12.0 Å². The summed E-state index contributed by atoms with van der Waals surface area (Å²) in [4.78, 5) is 10.0. The van der Waals surface area contributed by atoms with Crippen LogP contribution in [-0.2, 0) is 9.53 Å². The quantitative estimate of drug-likeness (QED) is 0.532. The third-order valence-corrected chi connectivity index (χ3v) is 1.85. The molecule has 0 aliphatic carbocycles. The largest absolute Gasteiger partial charge is 0.478 e. The maximum absolute atomic E-state index is 10.0. The number of aliphatic carboxylic acids is 1. The molecular formula is C10H18N2O3. The molecule has 1 aliphatic heterocycles. The van der Waals surface area contributed by atoms with E-state index in [4.69, 9.17) is 9.84 Å². The second kappa shape index (κ2) is 8.16. The van der Waals surface area contributed by atoms with Gasteiger partial charge in [0.05, 0.1) is 12.2 Å². The van der Waals surface area contributed by atoms with Crippen LogP contribution in [-0.4, -0.2) is 43.0 Å². The third-order valence-electron chi connectivity index (χ3n) is 1.85. The van der Waals surface area contributed by atoms with Gasteiger partial charge in [0.2, 0.25) is 0 Å². The molecule has 2 N–H and O–H groups in total. The Labute approximate surface area is 90.0 Å². The number of rotatable bonds is 3. The van der Waals surface area contributed by atoms with E-state index in [0.29, 0.717) is 0 Å². The van der Waals surface area contributed by atoms with Gasteiger partial charge in [0.1, 0.15) is 6.73 Å². The van der Waals surface area contributed by atoms with Crippen LogP contribution in [0.25, 0.3) is 0 Å². The van der Waals surface area contributed by atoms with E-state index >= 15 is 0 Å². The molecule has 0 atom stereocenters. The summed E-state index contributed by atoms with van der Waals surface area (Å²) in [6.07, 6.45) is 2.80. The van der Waals surface area contributed by atoms with Gasteiger partial charge in [-0.15, -0.1) is 0 Å². The number of hydrogen-bond donors (Lipinski definition) is 2. The average Bonchev–Trinajstić information content (AvgIpc) is 2.72. The second-order valence-corrected chi connectivity index (χ2v) is 2.78. The molecule has 86 valence electrons. The van der Waals surface area contributed by atoms with Crippen LogP contribution >= 0.6 is 0 Å². The molecule has 1 fully saturated rings. The van der Waals surface area contributed by atoms with Crippen molar-refractivity contribution < 1.29 is 14.6 Å². The van der Waals surface area contributed by atoms with E-state index in [1.54, 1.807) is 6.92 Å². The first-order valence-electron chi connectivity index (χ1n) is 4.67. The zero-order chi connectivity index (χ0) is 11.7. The number of carboxylic acids is 1. The molecule has 0 spiro atoms. The maximum atomic E-state index is 10.0. The van der Waals surface area contributed by atoms with E-state index < -0.39 is 5.97 Å². The van der Waals surface area contributed by atoms with Crippen LogP contribution in [0.5, 0.6) is 0 Å². The molecule has 0 amide bonds. The van der Waals surface area contributed by atoms with E-state index in [0.717, 1.165) is 19.9 Å². The standard InChI is InChI=1S/C6H8O2.C4H10N2O/c1-3-5(4-2)6(7)8;1-5-6-2-3-7-4-6/h3-4H,1H2,2H3,(H,7,8);5H,2-4H2,1H3/b5-4+;. The number of hydrogen-bond acceptors (Lipinski definition) is 4. The van der Waals surface area contributed by atoms with Gasteiger partial charge in [-0.05, 0) is 14.0 Å². The fraction of sp³-hybridized carbons (Fsp3) is 0.500. The Morgan fingerprint density at radius 2 is 2.33 bits per heavy atom. The highest BCUT2D eigenvalue weighted by molar-refractivity contribution is 5.89. The zero-order valence-electron chi connectivity index (χ0n) is 9.19. The molecule has 1 aliphatic rings. The highest BCUT2D eigenvalue weighted by Gasteiger charge is 2.07. The van der Waals surface area contributed by atoms with Crippen LogP contribution in [0.3, 0.4) is 0 Å². The monoisotopic (exact) mass is 214 g/mol. The number of nitrogens with one attached hydrogen (secondary N) is 1. The molecule has 1 saturated heterocycles. The first-order valence-corrected chi connectivity index (χ1v) is 4.67. The molecule has 0 unspecified atom stereocenters. The lowest BCUT2D eigenvalue weighted by Gasteiger charge is -2.07. The van der Waals surface area contributed by atoms with Crippen molar-refractivity contribution in [3.8, 4) is 0 Å². The number of carboxylic acid groups (broad SMARTS) is 1. The molecule has 1 heterocycles. The molecule has 0 aromatic carbocycles. The van der Waals surface area contributed by atoms with E-state index in [1.165, 1.54) is 12.2 Å². The van der Waals surface area contributed by atoms with Crippen LogP contribution in [0.2, 0.25) is 0 Å². The Morgan fingerprint density at radius 3 is 2.47 bits per heavy atom. The van der Waals surface area contributed by atoms with Crippen LogP contribution in [0, 0.1) is 0 Å². The Morgan fingerprint density at radius 1 is 1.67 bits per heavy atom. The Bertz CT molecular complexity index is 233. The minimum Gasteiger partial charge on any atom is -0.478 e. The van der Waals surface area contributed by atoms with Gasteiger partial charge in [0.15, 0.2) is 0 Å². The van der Waals surface area contributed by atoms with Gasteiger partial charge in [-0.25, -0.2) is 9.80 Å². The summed E-state index contributed by atoms with van der Waals surface area (Å²) in [5.41, 5.74) is 3.21. The number of ether oxygens (including phenoxy) is 1. The predicted molar refractivity (Wildman–Crippen MR) is 58.2 cm³/mol. The van der Waals surface area contributed by atoms with Gasteiger partial charge in [0.25, 0.3) is 0 Å². The fourth-order valence-electron chi connectivity index (χ4n) is 0.919. The summed E-state index contributed by atoms with van der Waals surface area (Å²) < 4.78 is 5.01. The molecule has 0 aromatic rings. The normalized spacial score (nSPS) is 16.8. The number of carbonyl (C=O) groups is 1. The molecule has 0 aromatic heterocycles. The molecule has 0 saturated carbocycles. The molecule has 1 rings (SSSR count). The van der Waals surface area contributed by atoms with Crippen molar-refractivity contribution >= 4 is 5.97 Å². The zero-order valence-corrected chi connectivity index (χ0v) is 9.19. The molecule has 0 bridgehead atoms. The van der Waals surface area contributed by atoms with E-state index in [-0.39, 0.29) is 5.57 Å². The lowest BCUT2D eigenvalue weighted by atomic mass is 10.3. The molecule has 0 radical (unpaired) electrons. The van der Waals surface area contributed by atoms with Crippen molar-refractivity contribution in [1.29, 1.82) is 0 Å². The summed E-state index contributed by atoms with van der Waals surface area (Å²) in [6, 6.07) is 0. The van der Waals surface area contributed by atoms with E-state index in [1.807, 2.05) is 12.1 Å². The minimum absolute atomic E-state index is 0.241. The van der Waals surface area contributed by atoms with Crippen LogP contribution < -0.4 is 5.43 Å². The number of allylic oxidation sites excluding steroid dienone is 1. The molecular weight excluding hydrogens is 196 g/mol. The summed E-state index contributed by atoms with van der Waals surface area (Å²) >= 11 is 0. The Kier molecular flexibility index (Phi) is 7.53. The summed E-state index contributed by atoms with van der Waals surface area (Å²) in [7, 11) is 1.90. The van der Waals surface area contributed by atoms with Gasteiger partial charge < -0.3 is 9.84 Å². The average molecular weight is 214 g/mol. The highest BCUT2D eigenvalue weighted by atomic mass is 16.5. The number of nitrogens with zero attached hydrogens (tertiary/aromatic N) is 1. The smallest absolute Gasteiger partial charge is 0.335 e. The van der Waals surface area contributed by atoms with Crippen LogP contribution in [0.15, 0.2) is 24.3 Å². The molecule has 15 heavy (non-hydrogen) atoms. The second-order valence-electron chi connectivity index (χ2n) is 2.78. The predicted octanol–water partition coefficient (Wildman–Crippen LogP) is 0.614. The Balaban J connectivity index is 0.000000262. The van der Waals surface area contributed by atoms with Gasteiger partial charge in [-0.3, -0.25) is 5.43 Å². The molecule has 5 heteroatoms. The van der Waals surface area contributed by atoms with Crippen molar-refractivity contribution in [1.82, 2.24) is 10.4 Å². The first-order chi connectivity index (χ1) is 7.15. The number of hydrazine groups is 1. The van der Waals surface area contributed by atoms with Crippen molar-refractivity contribution in [3.63, 3.8) is 0 Å². The van der Waals surface area contributed by atoms with Gasteiger partial charge in [-0.2, -0.15) is 0 Å². The van der Waals surface area contributed by atoms with Crippen LogP contribution in [0.4, 0.5) is 0 Å². The summed E-state index contributed by atoms with van der Waals surface area (Å²) in [6.45, 7) is 7.57. The van der Waals surface area contributed by atoms with E-state index in [9.17, 15) is 4.79 Å². The van der Waals surface area contributed by atoms with Crippen molar-refractivity contribution in [2.24, 2.45) is 0 Å². The highest BCUT2D eigenvalue weighted by Crippen LogP contribution is 1.92. The maximum Gasteiger partial charge on any atom is 0.335 e. The van der Waals surface area contributed by atoms with Gasteiger partial charge in [-0.1, -0.05) is 18.7 Å². The summed E-state index contributed by atoms with van der Waals surface area (Å²) in [5.74, 6) is -0.928. The third kappa shape index (κ3) is 6.01. The molecule has 5 nitrogen and oxygen atoms in total. The Hall–Kier alpha value is -1.17. The summed E-state index contributed by atoms with van der Waals surface area (Å²) in [5, 5.41) is 10.2. The fourth-order valence-corrected chi connectivity index (χ4v) is 0.919. The van der Waals surface area contributed by atoms with Gasteiger partial charge >= 0.3 is 5.97 Å². The minimum atomic E-state index is -0.928. The van der Waals surface area contributed by atoms with Crippen molar-refractivity contribution in [2.75, 3.05) is 26.9 Å². The van der Waals surface area contributed by atoms with Gasteiger partial charge in [0, 0.05) is 6.54 Å². The lowest BCUT2D eigenvalue weighted by molar-refractivity contribution is -0.132.